The molecule has 0 aliphatic carbocycles. The maximum absolute atomic E-state index is 12.1. The molecular weight excluding hydrogens is 336 g/mol. The van der Waals surface area contributed by atoms with Crippen molar-refractivity contribution in [3.63, 3.8) is 0 Å². The van der Waals surface area contributed by atoms with E-state index in [9.17, 15) is 4.79 Å². The molecular formula is C13H20N6O2S2. The summed E-state index contributed by atoms with van der Waals surface area (Å²) in [6, 6.07) is 0. The lowest BCUT2D eigenvalue weighted by Gasteiger charge is -2.04. The molecule has 0 radical (unpaired) electrons. The van der Waals surface area contributed by atoms with Crippen molar-refractivity contribution >= 4 is 34.2 Å². The highest BCUT2D eigenvalue weighted by Gasteiger charge is 2.20. The highest BCUT2D eigenvalue weighted by atomic mass is 32.2. The lowest BCUT2D eigenvalue weighted by molar-refractivity contribution is 0.0531. The van der Waals surface area contributed by atoms with Crippen molar-refractivity contribution < 1.29 is 9.53 Å². The Balaban J connectivity index is 2.13. The summed E-state index contributed by atoms with van der Waals surface area (Å²) in [5.41, 5.74) is 0.688. The summed E-state index contributed by atoms with van der Waals surface area (Å²) in [5.74, 6) is 0.657. The van der Waals surface area contributed by atoms with Gasteiger partial charge in [0, 0.05) is 19.3 Å². The largest absolute Gasteiger partial charge is 0.462 e. The molecule has 0 spiro atoms. The van der Waals surface area contributed by atoms with Crippen molar-refractivity contribution in [2.24, 2.45) is 13.0 Å². The Labute approximate surface area is 143 Å². The van der Waals surface area contributed by atoms with Crippen molar-refractivity contribution in [2.75, 3.05) is 18.5 Å². The van der Waals surface area contributed by atoms with Crippen molar-refractivity contribution in [2.45, 2.75) is 31.7 Å². The van der Waals surface area contributed by atoms with E-state index in [1.807, 2.05) is 0 Å². The number of anilines is 1. The predicted octanol–water partition coefficient (Wildman–Crippen LogP) is 2.20. The van der Waals surface area contributed by atoms with E-state index in [4.69, 9.17) is 4.74 Å². The second-order valence-electron chi connectivity index (χ2n) is 5.16. The van der Waals surface area contributed by atoms with Crippen LogP contribution in [-0.2, 0) is 17.5 Å². The fraction of sp³-hybridized carbons (Fsp3) is 0.615. The summed E-state index contributed by atoms with van der Waals surface area (Å²) in [7, 11) is 1.77. The van der Waals surface area contributed by atoms with Crippen molar-refractivity contribution in [1.29, 1.82) is 0 Å². The van der Waals surface area contributed by atoms with E-state index in [1.165, 1.54) is 23.1 Å². The average molecular weight is 356 g/mol. The van der Waals surface area contributed by atoms with Crippen LogP contribution in [0.2, 0.25) is 0 Å². The number of aromatic nitrogens is 5. The Morgan fingerprint density at radius 1 is 1.48 bits per heavy atom. The molecule has 10 heteroatoms. The third-order valence-electron chi connectivity index (χ3n) is 2.74. The number of rotatable bonds is 8. The van der Waals surface area contributed by atoms with E-state index >= 15 is 0 Å². The molecule has 0 amide bonds. The minimum Gasteiger partial charge on any atom is -0.462 e. The number of thioether (sulfide) groups is 1. The first-order valence-electron chi connectivity index (χ1n) is 7.27. The molecule has 2 aromatic rings. The molecule has 0 aromatic carbocycles. The molecule has 0 aliphatic rings. The fourth-order valence-corrected chi connectivity index (χ4v) is 3.42. The Morgan fingerprint density at radius 2 is 2.26 bits per heavy atom. The summed E-state index contributed by atoms with van der Waals surface area (Å²) >= 11 is 2.75. The van der Waals surface area contributed by atoms with Crippen LogP contribution in [0.3, 0.4) is 0 Å². The van der Waals surface area contributed by atoms with Crippen LogP contribution < -0.4 is 5.32 Å². The first-order valence-corrected chi connectivity index (χ1v) is 9.07. The molecule has 8 nitrogen and oxygen atoms in total. The lowest BCUT2D eigenvalue weighted by atomic mass is 10.2. The first-order chi connectivity index (χ1) is 11.0. The smallest absolute Gasteiger partial charge is 0.350 e. The number of hydrogen-bond donors (Lipinski definition) is 1. The molecule has 0 fully saturated rings. The summed E-state index contributed by atoms with van der Waals surface area (Å²) in [5, 5.41) is 15.9. The average Bonchev–Trinajstić information content (AvgIpc) is 3.09. The van der Waals surface area contributed by atoms with Gasteiger partial charge < -0.3 is 10.1 Å². The van der Waals surface area contributed by atoms with Crippen molar-refractivity contribution in [3.8, 4) is 0 Å². The molecule has 0 unspecified atom stereocenters. The second kappa shape index (κ2) is 8.25. The number of nitrogens with one attached hydrogen (secondary N) is 1. The maximum atomic E-state index is 12.1. The zero-order chi connectivity index (χ0) is 16.8. The van der Waals surface area contributed by atoms with Gasteiger partial charge in [0.1, 0.15) is 4.88 Å². The van der Waals surface area contributed by atoms with Gasteiger partial charge in [0.25, 0.3) is 0 Å². The number of tetrazole rings is 1. The molecule has 2 rings (SSSR count). The molecule has 2 heterocycles. The van der Waals surface area contributed by atoms with Crippen LogP contribution in [0.15, 0.2) is 5.16 Å². The number of ether oxygens (including phenoxy) is 1. The highest BCUT2D eigenvalue weighted by Crippen LogP contribution is 2.29. The zero-order valence-electron chi connectivity index (χ0n) is 13.6. The van der Waals surface area contributed by atoms with Gasteiger partial charge in [-0.15, -0.1) is 5.10 Å². The lowest BCUT2D eigenvalue weighted by Crippen LogP contribution is -2.07. The third-order valence-corrected chi connectivity index (χ3v) is 4.80. The third kappa shape index (κ3) is 4.90. The van der Waals surface area contributed by atoms with Gasteiger partial charge in [-0.05, 0) is 23.3 Å². The van der Waals surface area contributed by atoms with Crippen LogP contribution in [0.5, 0.6) is 0 Å². The van der Waals surface area contributed by atoms with Crippen molar-refractivity contribution in [1.82, 2.24) is 25.2 Å². The zero-order valence-corrected chi connectivity index (χ0v) is 15.2. The number of nitrogens with zero attached hydrogens (tertiary/aromatic N) is 5. The summed E-state index contributed by atoms with van der Waals surface area (Å²) in [6.07, 6.45) is 0. The number of carbonyl (C=O) groups excluding carboxylic acids is 1. The van der Waals surface area contributed by atoms with E-state index in [2.05, 4.69) is 39.7 Å². The maximum Gasteiger partial charge on any atom is 0.350 e. The van der Waals surface area contributed by atoms with Crippen LogP contribution >= 0.6 is 23.1 Å². The molecule has 1 N–H and O–H groups in total. The van der Waals surface area contributed by atoms with E-state index in [0.717, 1.165) is 11.7 Å². The van der Waals surface area contributed by atoms with E-state index in [0.29, 0.717) is 34.0 Å². The van der Waals surface area contributed by atoms with Gasteiger partial charge in [-0.1, -0.05) is 36.9 Å². The van der Waals surface area contributed by atoms with Crippen LogP contribution in [0.1, 0.15) is 36.1 Å². The molecule has 2 aromatic heterocycles. The number of thiazole rings is 1. The van der Waals surface area contributed by atoms with Gasteiger partial charge in [-0.2, -0.15) is 0 Å². The van der Waals surface area contributed by atoms with Crippen LogP contribution in [-0.4, -0.2) is 44.3 Å². The molecule has 0 saturated heterocycles. The van der Waals surface area contributed by atoms with Crippen LogP contribution in [0.25, 0.3) is 0 Å². The van der Waals surface area contributed by atoms with Gasteiger partial charge >= 0.3 is 5.97 Å². The molecule has 126 valence electrons. The Hall–Kier alpha value is -1.68. The fourth-order valence-electron chi connectivity index (χ4n) is 1.65. The SMILES string of the molecule is CCOC(=O)c1sc(NCC(C)C)nc1CSc1nnnn1C. The van der Waals surface area contributed by atoms with Crippen LogP contribution in [0, 0.1) is 5.92 Å². The van der Waals surface area contributed by atoms with Gasteiger partial charge in [0.2, 0.25) is 5.16 Å². The minimum atomic E-state index is -0.339. The Morgan fingerprint density at radius 3 is 2.87 bits per heavy atom. The predicted molar refractivity (Wildman–Crippen MR) is 89.8 cm³/mol. The normalized spacial score (nSPS) is 11.0. The second-order valence-corrected chi connectivity index (χ2v) is 7.11. The van der Waals surface area contributed by atoms with E-state index in [1.54, 1.807) is 18.7 Å². The van der Waals surface area contributed by atoms with Gasteiger partial charge in [0.05, 0.1) is 12.3 Å². The number of aryl methyl sites for hydroxylation is 1. The number of esters is 1. The monoisotopic (exact) mass is 356 g/mol. The van der Waals surface area contributed by atoms with Crippen molar-refractivity contribution in [3.05, 3.63) is 10.6 Å². The Kier molecular flexibility index (Phi) is 6.34. The minimum absolute atomic E-state index is 0.339. The molecule has 0 bridgehead atoms. The number of hydrogen-bond acceptors (Lipinski definition) is 9. The van der Waals surface area contributed by atoms with Gasteiger partial charge in [-0.25, -0.2) is 14.5 Å². The number of carbonyl (C=O) groups is 1. The summed E-state index contributed by atoms with van der Waals surface area (Å²) < 4.78 is 6.70. The van der Waals surface area contributed by atoms with Gasteiger partial charge in [-0.3, -0.25) is 0 Å². The van der Waals surface area contributed by atoms with E-state index < -0.39 is 0 Å². The standard InChI is InChI=1S/C13H20N6O2S2/c1-5-21-11(20)10-9(7-22-13-16-17-18-19(13)4)15-12(23-10)14-6-8(2)3/h8H,5-7H2,1-4H3,(H,14,15). The topological polar surface area (TPSA) is 94.8 Å². The van der Waals surface area contributed by atoms with E-state index in [-0.39, 0.29) is 5.97 Å². The molecule has 0 aliphatic heterocycles. The van der Waals surface area contributed by atoms with Gasteiger partial charge in [0.15, 0.2) is 5.13 Å². The summed E-state index contributed by atoms with van der Waals surface area (Å²) in [6.45, 7) is 7.16. The molecule has 0 saturated carbocycles. The highest BCUT2D eigenvalue weighted by molar-refractivity contribution is 7.98. The van der Waals surface area contributed by atoms with Crippen LogP contribution in [0.4, 0.5) is 5.13 Å². The first kappa shape index (κ1) is 17.7. The summed E-state index contributed by atoms with van der Waals surface area (Å²) in [4.78, 5) is 17.2. The Bertz CT molecular complexity index is 655. The molecule has 23 heavy (non-hydrogen) atoms. The molecule has 0 atom stereocenters. The quantitative estimate of drug-likeness (QED) is 0.568.